The van der Waals surface area contributed by atoms with Gasteiger partial charge in [-0.25, -0.2) is 26.9 Å². The third kappa shape index (κ3) is 4.92. The molecule has 3 rings (SSSR count). The summed E-state index contributed by atoms with van der Waals surface area (Å²) < 4.78 is 6.12. The minimum atomic E-state index is -0.538. The van der Waals surface area contributed by atoms with Gasteiger partial charge in [-0.05, 0) is 63.1 Å². The third-order valence-electron chi connectivity index (χ3n) is 5.68. The Bertz CT molecular complexity index is 1100. The molecule has 2 amide bonds. The number of hydrogen-bond donors (Lipinski definition) is 4. The highest BCUT2D eigenvalue weighted by Crippen LogP contribution is 2.31. The molecule has 0 spiro atoms. The highest BCUT2D eigenvalue weighted by molar-refractivity contribution is 5.91. The molecule has 33 heavy (non-hydrogen) atoms. The van der Waals surface area contributed by atoms with E-state index in [0.717, 1.165) is 43.7 Å². The molecule has 1 aliphatic rings. The number of nitrogens with zero attached hydrogens (tertiary/aromatic N) is 4. The van der Waals surface area contributed by atoms with Crippen LogP contribution in [0.5, 0.6) is 5.75 Å². The van der Waals surface area contributed by atoms with Crippen LogP contribution in [0.25, 0.3) is 0 Å². The predicted octanol–water partition coefficient (Wildman–Crippen LogP) is 2.94. The van der Waals surface area contributed by atoms with Crippen LogP contribution in [0.2, 0.25) is 0 Å². The molecule has 10 heteroatoms. The van der Waals surface area contributed by atoms with E-state index in [1.807, 2.05) is 63.0 Å². The second-order valence-electron chi connectivity index (χ2n) is 8.05. The number of urea groups is 1. The molecular formula is C23H31N7O3. The molecule has 0 radical (unpaired) electrons. The molecule has 0 bridgehead atoms. The van der Waals surface area contributed by atoms with Crippen LogP contribution in [-0.2, 0) is 6.61 Å². The second kappa shape index (κ2) is 9.90. The van der Waals surface area contributed by atoms with Gasteiger partial charge in [-0.2, -0.15) is 0 Å². The minimum Gasteiger partial charge on any atom is -0.489 e. The summed E-state index contributed by atoms with van der Waals surface area (Å²) in [4.78, 5) is 12.2. The molecular weight excluding hydrogens is 422 g/mol. The molecule has 10 nitrogen and oxygen atoms in total. The van der Waals surface area contributed by atoms with Gasteiger partial charge < -0.3 is 9.94 Å². The molecule has 1 unspecified atom stereocenters. The number of rotatable bonds is 6. The van der Waals surface area contributed by atoms with Crippen LogP contribution in [-0.4, -0.2) is 35.6 Å². The molecule has 6 N–H and O–H groups in total. The maximum Gasteiger partial charge on any atom is 0.352 e. The van der Waals surface area contributed by atoms with Crippen LogP contribution < -0.4 is 31.9 Å². The average Bonchev–Trinajstić information content (AvgIpc) is 3.06. The van der Waals surface area contributed by atoms with Gasteiger partial charge in [0.05, 0.1) is 23.6 Å². The first kappa shape index (κ1) is 24.1. The number of carbonyl (C=O) groups excluding carboxylic acids is 1. The van der Waals surface area contributed by atoms with Crippen LogP contribution >= 0.6 is 0 Å². The second-order valence-corrected chi connectivity index (χ2v) is 8.05. The normalized spacial score (nSPS) is 16.0. The number of hydrazine groups is 3. The smallest absolute Gasteiger partial charge is 0.352 e. The number of nitrogens with one attached hydrogen (secondary N) is 1. The molecule has 0 fully saturated rings. The summed E-state index contributed by atoms with van der Waals surface area (Å²) in [5, 5.41) is 16.0. The summed E-state index contributed by atoms with van der Waals surface area (Å²) >= 11 is 0. The quantitative estimate of drug-likeness (QED) is 0.174. The SMILES string of the molecule is CC1=C(/C=N/O)C(C)NN1c1ccc(OCc2c(C)cccc2N(N)C(=O)N(C)N)c(C)c1. The van der Waals surface area contributed by atoms with Crippen LogP contribution in [0.15, 0.2) is 52.8 Å². The van der Waals surface area contributed by atoms with Crippen molar-refractivity contribution in [1.82, 2.24) is 10.4 Å². The number of carbonyl (C=O) groups is 1. The van der Waals surface area contributed by atoms with Gasteiger partial charge in [0.2, 0.25) is 0 Å². The van der Waals surface area contributed by atoms with E-state index in [9.17, 15) is 4.79 Å². The predicted molar refractivity (Wildman–Crippen MR) is 129 cm³/mol. The van der Waals surface area contributed by atoms with Crippen molar-refractivity contribution >= 4 is 23.6 Å². The lowest BCUT2D eigenvalue weighted by Gasteiger charge is -2.25. The number of ether oxygens (including phenoxy) is 1. The number of amides is 2. The van der Waals surface area contributed by atoms with E-state index in [1.165, 1.54) is 13.3 Å². The number of hydrogen-bond acceptors (Lipinski definition) is 8. The van der Waals surface area contributed by atoms with Gasteiger partial charge in [0.1, 0.15) is 12.4 Å². The highest BCUT2D eigenvalue weighted by Gasteiger charge is 2.26. The number of benzene rings is 2. The Morgan fingerprint density at radius 1 is 1.24 bits per heavy atom. The minimum absolute atomic E-state index is 0.0195. The first-order valence-electron chi connectivity index (χ1n) is 10.5. The third-order valence-corrected chi connectivity index (χ3v) is 5.68. The van der Waals surface area contributed by atoms with E-state index < -0.39 is 6.03 Å². The number of nitrogens with two attached hydrogens (primary N) is 2. The lowest BCUT2D eigenvalue weighted by Crippen LogP contribution is -2.49. The van der Waals surface area contributed by atoms with Crippen molar-refractivity contribution in [2.24, 2.45) is 16.8 Å². The van der Waals surface area contributed by atoms with Crippen molar-refractivity contribution in [3.63, 3.8) is 0 Å². The summed E-state index contributed by atoms with van der Waals surface area (Å²) in [5.74, 6) is 12.3. The Morgan fingerprint density at radius 3 is 2.61 bits per heavy atom. The Hall–Kier alpha value is -3.60. The zero-order valence-corrected chi connectivity index (χ0v) is 19.5. The standard InChI is InChI=1S/C23H31N7O3/c1-14-7-6-8-21(29(25)23(31)28(5)24)20(14)13-33-22-10-9-18(11-15(22)2)30-17(4)19(12-26-32)16(3)27-30/h6-12,16,27,32H,13,24-25H2,1-5H3/b26-12+. The van der Waals surface area contributed by atoms with Gasteiger partial charge >= 0.3 is 6.03 Å². The number of aryl methyl sites for hydroxylation is 2. The molecule has 1 aliphatic heterocycles. The first-order valence-corrected chi connectivity index (χ1v) is 10.5. The summed E-state index contributed by atoms with van der Waals surface area (Å²) in [5.41, 5.74) is 9.36. The number of anilines is 2. The monoisotopic (exact) mass is 453 g/mol. The van der Waals surface area contributed by atoms with E-state index in [0.29, 0.717) is 11.4 Å². The average molecular weight is 454 g/mol. The fraction of sp³-hybridized carbons (Fsp3) is 0.304. The van der Waals surface area contributed by atoms with Crippen LogP contribution in [0, 0.1) is 13.8 Å². The maximum atomic E-state index is 12.2. The van der Waals surface area contributed by atoms with E-state index >= 15 is 0 Å². The summed E-state index contributed by atoms with van der Waals surface area (Å²) in [6.45, 7) is 8.09. The lowest BCUT2D eigenvalue weighted by molar-refractivity contribution is 0.216. The Kier molecular flexibility index (Phi) is 7.22. The lowest BCUT2D eigenvalue weighted by atomic mass is 10.1. The van der Waals surface area contributed by atoms with E-state index in [2.05, 4.69) is 10.6 Å². The van der Waals surface area contributed by atoms with Gasteiger partial charge in [-0.3, -0.25) is 10.0 Å². The van der Waals surface area contributed by atoms with Crippen molar-refractivity contribution < 1.29 is 14.7 Å². The van der Waals surface area contributed by atoms with Crippen LogP contribution in [0.4, 0.5) is 16.2 Å². The zero-order valence-electron chi connectivity index (χ0n) is 19.5. The maximum absolute atomic E-state index is 12.2. The Balaban J connectivity index is 1.81. The summed E-state index contributed by atoms with van der Waals surface area (Å²) in [7, 11) is 1.44. The van der Waals surface area contributed by atoms with E-state index in [-0.39, 0.29) is 12.6 Å². The molecule has 1 heterocycles. The molecule has 2 aromatic rings. The van der Waals surface area contributed by atoms with Gasteiger partial charge in [0.25, 0.3) is 0 Å². The van der Waals surface area contributed by atoms with Crippen molar-refractivity contribution in [2.45, 2.75) is 40.3 Å². The van der Waals surface area contributed by atoms with Crippen LogP contribution in [0.3, 0.4) is 0 Å². The molecule has 2 aromatic carbocycles. The molecule has 1 atom stereocenters. The molecule has 176 valence electrons. The van der Waals surface area contributed by atoms with Crippen molar-refractivity contribution in [1.29, 1.82) is 0 Å². The van der Waals surface area contributed by atoms with Crippen molar-refractivity contribution in [3.8, 4) is 5.75 Å². The number of allylic oxidation sites excluding steroid dienone is 1. The first-order chi connectivity index (χ1) is 15.6. The van der Waals surface area contributed by atoms with Gasteiger partial charge in [-0.1, -0.05) is 17.3 Å². The topological polar surface area (TPSA) is 133 Å². The largest absolute Gasteiger partial charge is 0.489 e. The van der Waals surface area contributed by atoms with E-state index in [4.69, 9.17) is 21.6 Å². The van der Waals surface area contributed by atoms with Crippen LogP contribution in [0.1, 0.15) is 30.5 Å². The molecule has 0 aromatic heterocycles. The molecule has 0 aliphatic carbocycles. The fourth-order valence-corrected chi connectivity index (χ4v) is 3.80. The Labute approximate surface area is 193 Å². The van der Waals surface area contributed by atoms with Gasteiger partial charge in [0.15, 0.2) is 0 Å². The van der Waals surface area contributed by atoms with Crippen molar-refractivity contribution in [3.05, 3.63) is 64.4 Å². The zero-order chi connectivity index (χ0) is 24.3. The Morgan fingerprint density at radius 2 is 1.97 bits per heavy atom. The molecule has 0 saturated carbocycles. The van der Waals surface area contributed by atoms with Gasteiger partial charge in [0, 0.05) is 23.9 Å². The summed E-state index contributed by atoms with van der Waals surface area (Å²) in [6, 6.07) is 10.9. The number of oxime groups is 1. The fourth-order valence-electron chi connectivity index (χ4n) is 3.80. The molecule has 0 saturated heterocycles. The van der Waals surface area contributed by atoms with E-state index in [1.54, 1.807) is 6.07 Å². The van der Waals surface area contributed by atoms with Crippen molar-refractivity contribution in [2.75, 3.05) is 17.1 Å². The highest BCUT2D eigenvalue weighted by atomic mass is 16.5. The van der Waals surface area contributed by atoms with Gasteiger partial charge in [-0.15, -0.1) is 0 Å². The summed E-state index contributed by atoms with van der Waals surface area (Å²) in [6.07, 6.45) is 1.45.